The van der Waals surface area contributed by atoms with Crippen LogP contribution in [0.3, 0.4) is 0 Å². The third kappa shape index (κ3) is 4.42. The fraction of sp³-hybridized carbons (Fsp3) is 0.286. The van der Waals surface area contributed by atoms with Crippen molar-refractivity contribution in [3.05, 3.63) is 35.7 Å². The lowest BCUT2D eigenvalue weighted by molar-refractivity contribution is -0.114. The van der Waals surface area contributed by atoms with Crippen LogP contribution in [-0.2, 0) is 11.2 Å². The number of aromatic nitrogens is 2. The number of aryl methyl sites for hydroxylation is 1. The molecule has 21 heavy (non-hydrogen) atoms. The first-order valence-corrected chi connectivity index (χ1v) is 7.43. The van der Waals surface area contributed by atoms with Gasteiger partial charge in [-0.1, -0.05) is 18.7 Å². The zero-order valence-electron chi connectivity index (χ0n) is 11.8. The molecule has 0 aliphatic rings. The van der Waals surface area contributed by atoms with Gasteiger partial charge in [-0.15, -0.1) is 10.2 Å². The molecule has 0 radical (unpaired) electrons. The highest BCUT2D eigenvalue weighted by Crippen LogP contribution is 2.18. The summed E-state index contributed by atoms with van der Waals surface area (Å²) in [6.07, 6.45) is 0.673. The van der Waals surface area contributed by atoms with Crippen molar-refractivity contribution < 1.29 is 14.0 Å². The molecule has 0 fully saturated rings. The van der Waals surface area contributed by atoms with E-state index in [0.717, 1.165) is 0 Å². The van der Waals surface area contributed by atoms with Crippen molar-refractivity contribution in [3.8, 4) is 0 Å². The van der Waals surface area contributed by atoms with E-state index in [-0.39, 0.29) is 17.4 Å². The van der Waals surface area contributed by atoms with Crippen LogP contribution in [0, 0.1) is 0 Å². The number of Topliss-reactive ketones (excluding diaryl/α,β-unsaturated/α-hetero) is 1. The summed E-state index contributed by atoms with van der Waals surface area (Å²) in [6.45, 7) is 3.36. The first kappa shape index (κ1) is 15.2. The smallest absolute Gasteiger partial charge is 0.277 e. The first-order valence-electron chi connectivity index (χ1n) is 6.44. The Morgan fingerprint density at radius 3 is 2.52 bits per heavy atom. The molecule has 2 rings (SSSR count). The van der Waals surface area contributed by atoms with E-state index in [0.29, 0.717) is 28.8 Å². The van der Waals surface area contributed by atoms with E-state index >= 15 is 0 Å². The summed E-state index contributed by atoms with van der Waals surface area (Å²) in [4.78, 5) is 22.9. The average molecular weight is 305 g/mol. The number of amides is 1. The van der Waals surface area contributed by atoms with Gasteiger partial charge in [0.25, 0.3) is 5.22 Å². The van der Waals surface area contributed by atoms with Gasteiger partial charge in [0.1, 0.15) is 0 Å². The van der Waals surface area contributed by atoms with Crippen molar-refractivity contribution in [1.82, 2.24) is 10.2 Å². The number of rotatable bonds is 6. The standard InChI is InChI=1S/C14H15N3O3S/c1-3-13-16-17-14(20-13)21-8-12(19)10-4-6-11(7-5-10)15-9(2)18/h4-7H,3,8H2,1-2H3,(H,15,18). The highest BCUT2D eigenvalue weighted by molar-refractivity contribution is 7.99. The lowest BCUT2D eigenvalue weighted by Gasteiger charge is -2.03. The van der Waals surface area contributed by atoms with Crippen LogP contribution in [0.2, 0.25) is 0 Å². The van der Waals surface area contributed by atoms with E-state index < -0.39 is 0 Å². The minimum Gasteiger partial charge on any atom is -0.416 e. The highest BCUT2D eigenvalue weighted by atomic mass is 32.2. The van der Waals surface area contributed by atoms with Gasteiger partial charge in [0, 0.05) is 24.6 Å². The molecule has 1 aromatic carbocycles. The van der Waals surface area contributed by atoms with Crippen LogP contribution < -0.4 is 5.32 Å². The second-order valence-corrected chi connectivity index (χ2v) is 5.21. The van der Waals surface area contributed by atoms with Crippen molar-refractivity contribution in [2.75, 3.05) is 11.1 Å². The van der Waals surface area contributed by atoms with E-state index in [4.69, 9.17) is 4.42 Å². The second kappa shape index (κ2) is 7.03. The van der Waals surface area contributed by atoms with Gasteiger partial charge >= 0.3 is 0 Å². The molecule has 1 heterocycles. The Balaban J connectivity index is 1.92. The zero-order chi connectivity index (χ0) is 15.2. The molecular weight excluding hydrogens is 290 g/mol. The van der Waals surface area contributed by atoms with E-state index in [1.54, 1.807) is 24.3 Å². The van der Waals surface area contributed by atoms with E-state index in [9.17, 15) is 9.59 Å². The molecule has 6 nitrogen and oxygen atoms in total. The van der Waals surface area contributed by atoms with Crippen molar-refractivity contribution in [1.29, 1.82) is 0 Å². The van der Waals surface area contributed by atoms with Gasteiger partial charge in [0.2, 0.25) is 11.8 Å². The third-order valence-electron chi connectivity index (χ3n) is 2.60. The van der Waals surface area contributed by atoms with Gasteiger partial charge in [-0.05, 0) is 24.3 Å². The Bertz CT molecular complexity index is 637. The summed E-state index contributed by atoms with van der Waals surface area (Å²) in [6, 6.07) is 6.75. The largest absolute Gasteiger partial charge is 0.416 e. The molecule has 0 spiro atoms. The number of carbonyl (C=O) groups is 2. The van der Waals surface area contributed by atoms with Crippen LogP contribution in [0.5, 0.6) is 0 Å². The van der Waals surface area contributed by atoms with Gasteiger partial charge in [-0.3, -0.25) is 9.59 Å². The number of carbonyl (C=O) groups excluding carboxylic acids is 2. The van der Waals surface area contributed by atoms with Crippen molar-refractivity contribution in [2.24, 2.45) is 0 Å². The Labute approximate surface area is 126 Å². The number of benzene rings is 1. The monoisotopic (exact) mass is 305 g/mol. The molecule has 0 aliphatic carbocycles. The lowest BCUT2D eigenvalue weighted by Crippen LogP contribution is -2.07. The maximum Gasteiger partial charge on any atom is 0.277 e. The van der Waals surface area contributed by atoms with Crippen LogP contribution in [-0.4, -0.2) is 27.6 Å². The topological polar surface area (TPSA) is 85.1 Å². The summed E-state index contributed by atoms with van der Waals surface area (Å²) < 4.78 is 5.32. The van der Waals surface area contributed by atoms with Crippen molar-refractivity contribution in [2.45, 2.75) is 25.5 Å². The number of thioether (sulfide) groups is 1. The number of nitrogens with one attached hydrogen (secondary N) is 1. The quantitative estimate of drug-likeness (QED) is 0.652. The van der Waals surface area contributed by atoms with Gasteiger partial charge < -0.3 is 9.73 Å². The Morgan fingerprint density at radius 1 is 1.24 bits per heavy atom. The Hall–Kier alpha value is -2.15. The molecule has 1 aromatic heterocycles. The normalized spacial score (nSPS) is 10.4. The fourth-order valence-electron chi connectivity index (χ4n) is 1.59. The number of hydrogen-bond acceptors (Lipinski definition) is 6. The molecule has 0 atom stereocenters. The van der Waals surface area contributed by atoms with Gasteiger partial charge in [0.05, 0.1) is 5.75 Å². The molecule has 0 unspecified atom stereocenters. The molecule has 0 saturated carbocycles. The molecule has 0 aliphatic heterocycles. The molecule has 7 heteroatoms. The lowest BCUT2D eigenvalue weighted by atomic mass is 10.1. The molecule has 2 aromatic rings. The average Bonchev–Trinajstić information content (AvgIpc) is 2.93. The summed E-state index contributed by atoms with van der Waals surface area (Å²) in [5.74, 6) is 0.605. The summed E-state index contributed by atoms with van der Waals surface area (Å²) in [7, 11) is 0. The predicted molar refractivity (Wildman–Crippen MR) is 79.5 cm³/mol. The van der Waals surface area contributed by atoms with Crippen LogP contribution in [0.25, 0.3) is 0 Å². The predicted octanol–water partition coefficient (Wildman–Crippen LogP) is 2.57. The van der Waals surface area contributed by atoms with Crippen molar-refractivity contribution in [3.63, 3.8) is 0 Å². The zero-order valence-corrected chi connectivity index (χ0v) is 12.6. The second-order valence-electron chi connectivity index (χ2n) is 4.29. The van der Waals surface area contributed by atoms with Crippen LogP contribution in [0.4, 0.5) is 5.69 Å². The first-order chi connectivity index (χ1) is 10.1. The minimum absolute atomic E-state index is 0.0365. The maximum absolute atomic E-state index is 12.0. The maximum atomic E-state index is 12.0. The van der Waals surface area contributed by atoms with Gasteiger partial charge in [0.15, 0.2) is 5.78 Å². The Morgan fingerprint density at radius 2 is 1.95 bits per heavy atom. The molecule has 1 N–H and O–H groups in total. The third-order valence-corrected chi connectivity index (χ3v) is 3.42. The van der Waals surface area contributed by atoms with Crippen LogP contribution in [0.1, 0.15) is 30.1 Å². The molecule has 0 saturated heterocycles. The minimum atomic E-state index is -0.146. The molecule has 1 amide bonds. The van der Waals surface area contributed by atoms with E-state index in [2.05, 4.69) is 15.5 Å². The molecular formula is C14H15N3O3S. The van der Waals surface area contributed by atoms with E-state index in [1.165, 1.54) is 18.7 Å². The van der Waals surface area contributed by atoms with Gasteiger partial charge in [-0.25, -0.2) is 0 Å². The highest BCUT2D eigenvalue weighted by Gasteiger charge is 2.10. The van der Waals surface area contributed by atoms with Crippen LogP contribution >= 0.6 is 11.8 Å². The summed E-state index contributed by atoms with van der Waals surface area (Å²) in [5.41, 5.74) is 1.24. The SMILES string of the molecule is CCc1nnc(SCC(=O)c2ccc(NC(C)=O)cc2)o1. The summed E-state index contributed by atoms with van der Waals surface area (Å²) >= 11 is 1.21. The van der Waals surface area contributed by atoms with E-state index in [1.807, 2.05) is 6.92 Å². The van der Waals surface area contributed by atoms with Crippen LogP contribution in [0.15, 0.2) is 33.9 Å². The number of nitrogens with zero attached hydrogens (tertiary/aromatic N) is 2. The van der Waals surface area contributed by atoms with Gasteiger partial charge in [-0.2, -0.15) is 0 Å². The fourth-order valence-corrected chi connectivity index (χ4v) is 2.27. The Kier molecular flexibility index (Phi) is 5.10. The number of ketones is 1. The molecule has 0 bridgehead atoms. The number of anilines is 1. The van der Waals surface area contributed by atoms with Crippen molar-refractivity contribution >= 4 is 29.1 Å². The summed E-state index contributed by atoms with van der Waals surface area (Å²) in [5, 5.41) is 10.7. The number of hydrogen-bond donors (Lipinski definition) is 1. The molecule has 110 valence electrons.